The minimum absolute atomic E-state index is 0.251. The minimum Gasteiger partial charge on any atom is -0.347 e. The topological polar surface area (TPSA) is 28.2 Å². The summed E-state index contributed by atoms with van der Waals surface area (Å²) in [5.41, 5.74) is 0.662. The highest BCUT2D eigenvalue weighted by Gasteiger charge is 2.21. The molecule has 0 aliphatic heterocycles. The Morgan fingerprint density at radius 2 is 2.05 bits per heavy atom. The van der Waals surface area contributed by atoms with Crippen LogP contribution in [-0.2, 0) is 6.54 Å². The van der Waals surface area contributed by atoms with Gasteiger partial charge in [-0.1, -0.05) is 12.2 Å². The maximum Gasteiger partial charge on any atom is 0.170 e. The summed E-state index contributed by atoms with van der Waals surface area (Å²) < 4.78 is 14.4. The largest absolute Gasteiger partial charge is 0.347 e. The molecule has 0 aromatic carbocycles. The number of pyridine rings is 1. The molecule has 1 aromatic rings. The third kappa shape index (κ3) is 3.64. The molecular weight excluding hydrogens is 241 g/mol. The van der Waals surface area contributed by atoms with Crippen LogP contribution in [0.25, 0.3) is 0 Å². The van der Waals surface area contributed by atoms with Crippen LogP contribution in [0.1, 0.15) is 18.4 Å². The Balaban J connectivity index is 2.15. The van der Waals surface area contributed by atoms with Crippen LogP contribution in [0, 0.1) is 5.82 Å². The van der Waals surface area contributed by atoms with E-state index >= 15 is 0 Å². The molecule has 102 valence electrons. The smallest absolute Gasteiger partial charge is 0.170 e. The van der Waals surface area contributed by atoms with Crippen molar-refractivity contribution in [3.8, 4) is 0 Å². The Hall–Kier alpha value is -1.68. The lowest BCUT2D eigenvalue weighted by Gasteiger charge is -2.21. The molecule has 0 spiro atoms. The molecule has 1 N–H and O–H groups in total. The molecule has 1 saturated carbocycles. The summed E-state index contributed by atoms with van der Waals surface area (Å²) in [6.45, 7) is 9.04. The van der Waals surface area contributed by atoms with Crippen LogP contribution >= 0.6 is 0 Å². The third-order valence-corrected chi connectivity index (χ3v) is 3.11. The van der Waals surface area contributed by atoms with E-state index in [1.54, 1.807) is 24.4 Å². The van der Waals surface area contributed by atoms with Gasteiger partial charge in [0.25, 0.3) is 0 Å². The van der Waals surface area contributed by atoms with E-state index in [1.807, 2.05) is 4.90 Å². The predicted molar refractivity (Wildman–Crippen MR) is 76.7 cm³/mol. The fourth-order valence-electron chi connectivity index (χ4n) is 1.93. The summed E-state index contributed by atoms with van der Waals surface area (Å²) in [4.78, 5) is 5.96. The van der Waals surface area contributed by atoms with Gasteiger partial charge in [0.05, 0.1) is 0 Å². The van der Waals surface area contributed by atoms with Gasteiger partial charge < -0.3 is 10.2 Å². The van der Waals surface area contributed by atoms with Crippen molar-refractivity contribution in [2.24, 2.45) is 0 Å². The average Bonchev–Trinajstić information content (AvgIpc) is 3.22. The SMILES string of the molecule is C=CCN(CC=C)c1nccc(CNC2CC2)c1F. The molecule has 4 heteroatoms. The number of anilines is 1. The zero-order valence-electron chi connectivity index (χ0n) is 11.1. The van der Waals surface area contributed by atoms with Gasteiger partial charge in [-0.3, -0.25) is 0 Å². The minimum atomic E-state index is -0.251. The normalized spacial score (nSPS) is 14.2. The molecule has 0 radical (unpaired) electrons. The summed E-state index contributed by atoms with van der Waals surface area (Å²) in [7, 11) is 0. The zero-order chi connectivity index (χ0) is 13.7. The Kier molecular flexibility index (Phi) is 4.68. The van der Waals surface area contributed by atoms with E-state index in [9.17, 15) is 4.39 Å². The maximum absolute atomic E-state index is 14.4. The van der Waals surface area contributed by atoms with Crippen LogP contribution in [0.2, 0.25) is 0 Å². The van der Waals surface area contributed by atoms with E-state index in [0.29, 0.717) is 37.1 Å². The number of nitrogens with one attached hydrogen (secondary N) is 1. The molecule has 0 bridgehead atoms. The van der Waals surface area contributed by atoms with Crippen LogP contribution in [0.4, 0.5) is 10.2 Å². The van der Waals surface area contributed by atoms with Crippen molar-refractivity contribution in [3.05, 3.63) is 49.0 Å². The Morgan fingerprint density at radius 1 is 1.37 bits per heavy atom. The third-order valence-electron chi connectivity index (χ3n) is 3.11. The molecule has 1 aromatic heterocycles. The van der Waals surface area contributed by atoms with Crippen molar-refractivity contribution in [1.29, 1.82) is 0 Å². The summed E-state index contributed by atoms with van der Waals surface area (Å²) in [5.74, 6) is 0.120. The molecule has 2 rings (SSSR count). The van der Waals surface area contributed by atoms with Gasteiger partial charge in [0.15, 0.2) is 11.6 Å². The summed E-state index contributed by atoms with van der Waals surface area (Å²) >= 11 is 0. The van der Waals surface area contributed by atoms with Gasteiger partial charge in [-0.15, -0.1) is 13.2 Å². The molecule has 3 nitrogen and oxygen atoms in total. The van der Waals surface area contributed by atoms with E-state index in [1.165, 1.54) is 12.8 Å². The van der Waals surface area contributed by atoms with E-state index < -0.39 is 0 Å². The van der Waals surface area contributed by atoms with Crippen molar-refractivity contribution in [2.45, 2.75) is 25.4 Å². The first-order valence-corrected chi connectivity index (χ1v) is 6.59. The molecule has 0 unspecified atom stereocenters. The van der Waals surface area contributed by atoms with Gasteiger partial charge in [0.1, 0.15) is 0 Å². The van der Waals surface area contributed by atoms with Gasteiger partial charge in [0.2, 0.25) is 0 Å². The molecular formula is C15H20FN3. The lowest BCUT2D eigenvalue weighted by molar-refractivity contribution is 0.578. The van der Waals surface area contributed by atoms with Gasteiger partial charge in [-0.2, -0.15) is 0 Å². The molecule has 0 atom stereocenters. The Labute approximate surface area is 113 Å². The van der Waals surface area contributed by atoms with Gasteiger partial charge in [-0.25, -0.2) is 9.37 Å². The number of hydrogen-bond acceptors (Lipinski definition) is 3. The van der Waals surface area contributed by atoms with Crippen molar-refractivity contribution < 1.29 is 4.39 Å². The number of rotatable bonds is 8. The second-order valence-corrected chi connectivity index (χ2v) is 4.75. The second-order valence-electron chi connectivity index (χ2n) is 4.75. The van der Waals surface area contributed by atoms with Crippen molar-refractivity contribution in [1.82, 2.24) is 10.3 Å². The highest BCUT2D eigenvalue weighted by atomic mass is 19.1. The first-order valence-electron chi connectivity index (χ1n) is 6.59. The monoisotopic (exact) mass is 261 g/mol. The molecule has 1 fully saturated rings. The van der Waals surface area contributed by atoms with Crippen LogP contribution < -0.4 is 10.2 Å². The maximum atomic E-state index is 14.4. The van der Waals surface area contributed by atoms with Gasteiger partial charge in [0, 0.05) is 37.4 Å². The first kappa shape index (κ1) is 13.7. The standard InChI is InChI=1S/C15H20FN3/c1-3-9-19(10-4-2)15-14(16)12(7-8-17-15)11-18-13-5-6-13/h3-4,7-8,13,18H,1-2,5-6,9-11H2. The van der Waals surface area contributed by atoms with Crippen LogP contribution in [0.5, 0.6) is 0 Å². The zero-order valence-corrected chi connectivity index (χ0v) is 11.1. The molecule has 19 heavy (non-hydrogen) atoms. The fourth-order valence-corrected chi connectivity index (χ4v) is 1.93. The number of hydrogen-bond donors (Lipinski definition) is 1. The fraction of sp³-hybridized carbons (Fsp3) is 0.400. The predicted octanol–water partition coefficient (Wildman–Crippen LogP) is 2.65. The molecule has 1 heterocycles. The van der Waals surface area contributed by atoms with Crippen molar-refractivity contribution in [2.75, 3.05) is 18.0 Å². The Bertz CT molecular complexity index is 445. The van der Waals surface area contributed by atoms with E-state index in [0.717, 1.165) is 0 Å². The highest BCUT2D eigenvalue weighted by Crippen LogP contribution is 2.22. The first-order chi connectivity index (χ1) is 9.26. The lowest BCUT2D eigenvalue weighted by Crippen LogP contribution is -2.26. The van der Waals surface area contributed by atoms with Gasteiger partial charge in [-0.05, 0) is 18.9 Å². The molecule has 1 aliphatic rings. The van der Waals surface area contributed by atoms with E-state index in [2.05, 4.69) is 23.5 Å². The van der Waals surface area contributed by atoms with Crippen molar-refractivity contribution in [3.63, 3.8) is 0 Å². The van der Waals surface area contributed by atoms with Crippen molar-refractivity contribution >= 4 is 5.82 Å². The number of halogens is 1. The van der Waals surface area contributed by atoms with Gasteiger partial charge >= 0.3 is 0 Å². The van der Waals surface area contributed by atoms with Crippen LogP contribution in [0.15, 0.2) is 37.6 Å². The summed E-state index contributed by atoms with van der Waals surface area (Å²) in [5, 5.41) is 3.32. The quantitative estimate of drug-likeness (QED) is 0.729. The number of nitrogens with zero attached hydrogens (tertiary/aromatic N) is 2. The Morgan fingerprint density at radius 3 is 2.63 bits per heavy atom. The van der Waals surface area contributed by atoms with Crippen LogP contribution in [0.3, 0.4) is 0 Å². The number of aromatic nitrogens is 1. The molecule has 0 saturated heterocycles. The summed E-state index contributed by atoms with van der Waals surface area (Å²) in [6.07, 6.45) is 7.51. The lowest BCUT2D eigenvalue weighted by atomic mass is 10.2. The molecule has 0 amide bonds. The second kappa shape index (κ2) is 6.48. The average molecular weight is 261 g/mol. The van der Waals surface area contributed by atoms with E-state index in [-0.39, 0.29) is 5.82 Å². The van der Waals surface area contributed by atoms with E-state index in [4.69, 9.17) is 0 Å². The summed E-state index contributed by atoms with van der Waals surface area (Å²) in [6, 6.07) is 2.29. The highest BCUT2D eigenvalue weighted by molar-refractivity contribution is 5.44. The van der Waals surface area contributed by atoms with Crippen LogP contribution in [-0.4, -0.2) is 24.1 Å². The molecule has 1 aliphatic carbocycles.